The molecule has 0 radical (unpaired) electrons. The molecule has 0 aliphatic carbocycles. The maximum Gasteiger partial charge on any atom is 0.209 e. The third-order valence-corrected chi connectivity index (χ3v) is 3.65. The molecule has 1 fully saturated rings. The lowest BCUT2D eigenvalue weighted by Crippen LogP contribution is -2.32. The molecule has 4 heteroatoms. The maximum absolute atomic E-state index is 5.83. The van der Waals surface area contributed by atoms with Crippen molar-refractivity contribution in [3.63, 3.8) is 0 Å². The molecule has 1 atom stereocenters. The van der Waals surface area contributed by atoms with Crippen molar-refractivity contribution >= 4 is 0 Å². The Balaban J connectivity index is 1.68. The number of aromatic nitrogens is 1. The van der Waals surface area contributed by atoms with Crippen molar-refractivity contribution in [2.45, 2.75) is 19.0 Å². The molecular formula is C15H19N3O. The minimum atomic E-state index is 0.590. The van der Waals surface area contributed by atoms with Crippen LogP contribution in [-0.4, -0.2) is 36.1 Å². The van der Waals surface area contributed by atoms with Crippen molar-refractivity contribution in [3.8, 4) is 11.3 Å². The molecule has 3 rings (SSSR count). The summed E-state index contributed by atoms with van der Waals surface area (Å²) in [5, 5.41) is 3.38. The average molecular weight is 257 g/mol. The highest BCUT2D eigenvalue weighted by atomic mass is 16.4. The first kappa shape index (κ1) is 12.4. The molecular weight excluding hydrogens is 238 g/mol. The largest absolute Gasteiger partial charge is 0.439 e. The molecule has 1 saturated heterocycles. The van der Waals surface area contributed by atoms with Crippen LogP contribution in [0.4, 0.5) is 0 Å². The van der Waals surface area contributed by atoms with Gasteiger partial charge in [-0.15, -0.1) is 0 Å². The van der Waals surface area contributed by atoms with Gasteiger partial charge in [-0.1, -0.05) is 30.3 Å². The third-order valence-electron chi connectivity index (χ3n) is 3.65. The molecule has 1 aromatic carbocycles. The fraction of sp³-hybridized carbons (Fsp3) is 0.400. The van der Waals surface area contributed by atoms with Crippen LogP contribution in [0, 0.1) is 0 Å². The second kappa shape index (κ2) is 5.55. The first-order chi connectivity index (χ1) is 9.33. The van der Waals surface area contributed by atoms with Gasteiger partial charge in [0.15, 0.2) is 5.76 Å². The van der Waals surface area contributed by atoms with Gasteiger partial charge < -0.3 is 9.73 Å². The van der Waals surface area contributed by atoms with E-state index < -0.39 is 0 Å². The molecule has 2 aromatic rings. The number of hydrogen-bond acceptors (Lipinski definition) is 4. The zero-order chi connectivity index (χ0) is 13.1. The number of hydrogen-bond donors (Lipinski definition) is 1. The smallest absolute Gasteiger partial charge is 0.209 e. The number of oxazole rings is 1. The molecule has 2 heterocycles. The molecule has 1 unspecified atom stereocenters. The summed E-state index contributed by atoms with van der Waals surface area (Å²) in [6.07, 6.45) is 3.01. The minimum Gasteiger partial charge on any atom is -0.439 e. The van der Waals surface area contributed by atoms with E-state index >= 15 is 0 Å². The minimum absolute atomic E-state index is 0.590. The summed E-state index contributed by atoms with van der Waals surface area (Å²) in [4.78, 5) is 6.68. The maximum atomic E-state index is 5.83. The Bertz CT molecular complexity index is 517. The first-order valence-electron chi connectivity index (χ1n) is 6.74. The second-order valence-corrected chi connectivity index (χ2v) is 5.05. The molecule has 19 heavy (non-hydrogen) atoms. The predicted octanol–water partition coefficient (Wildman–Crippen LogP) is 2.14. The number of likely N-dealkylation sites (N-methyl/N-ethyl adjacent to an activating group) is 1. The molecule has 100 valence electrons. The van der Waals surface area contributed by atoms with Crippen molar-refractivity contribution in [3.05, 3.63) is 42.4 Å². The van der Waals surface area contributed by atoms with Gasteiger partial charge in [-0.2, -0.15) is 0 Å². The van der Waals surface area contributed by atoms with Gasteiger partial charge in [-0.05, 0) is 20.0 Å². The van der Waals surface area contributed by atoms with Gasteiger partial charge in [0.05, 0.1) is 12.7 Å². The monoisotopic (exact) mass is 257 g/mol. The number of benzene rings is 1. The van der Waals surface area contributed by atoms with E-state index in [-0.39, 0.29) is 0 Å². The van der Waals surface area contributed by atoms with Crippen molar-refractivity contribution in [2.75, 3.05) is 20.1 Å². The van der Waals surface area contributed by atoms with Crippen LogP contribution in [-0.2, 0) is 6.54 Å². The topological polar surface area (TPSA) is 41.3 Å². The van der Waals surface area contributed by atoms with Gasteiger partial charge in [0, 0.05) is 18.2 Å². The van der Waals surface area contributed by atoms with Crippen LogP contribution in [0.3, 0.4) is 0 Å². The number of nitrogens with one attached hydrogen (secondary N) is 1. The summed E-state index contributed by atoms with van der Waals surface area (Å²) >= 11 is 0. The van der Waals surface area contributed by atoms with Crippen LogP contribution in [0.2, 0.25) is 0 Å². The third kappa shape index (κ3) is 2.85. The van der Waals surface area contributed by atoms with Crippen molar-refractivity contribution in [1.29, 1.82) is 0 Å². The number of nitrogens with zero attached hydrogens (tertiary/aromatic N) is 2. The van der Waals surface area contributed by atoms with E-state index in [4.69, 9.17) is 4.42 Å². The normalized spacial score (nSPS) is 19.2. The van der Waals surface area contributed by atoms with Gasteiger partial charge in [0.25, 0.3) is 0 Å². The molecule has 1 aliphatic rings. The van der Waals surface area contributed by atoms with Crippen LogP contribution < -0.4 is 5.32 Å². The molecule has 1 aromatic heterocycles. The number of rotatable bonds is 4. The summed E-state index contributed by atoms with van der Waals surface area (Å²) in [5.41, 5.74) is 1.08. The van der Waals surface area contributed by atoms with Crippen molar-refractivity contribution < 1.29 is 4.42 Å². The summed E-state index contributed by atoms with van der Waals surface area (Å²) in [5.74, 6) is 1.63. The highest BCUT2D eigenvalue weighted by molar-refractivity contribution is 5.55. The van der Waals surface area contributed by atoms with E-state index in [0.717, 1.165) is 36.8 Å². The molecule has 0 saturated carbocycles. The van der Waals surface area contributed by atoms with Crippen LogP contribution >= 0.6 is 0 Å². The van der Waals surface area contributed by atoms with Crippen LogP contribution in [0.15, 0.2) is 40.9 Å². The van der Waals surface area contributed by atoms with Crippen LogP contribution in [0.1, 0.15) is 12.3 Å². The Morgan fingerprint density at radius 2 is 2.21 bits per heavy atom. The van der Waals surface area contributed by atoms with E-state index in [2.05, 4.69) is 22.2 Å². The Labute approximate surface area is 113 Å². The molecule has 4 nitrogen and oxygen atoms in total. The van der Waals surface area contributed by atoms with Gasteiger partial charge in [-0.3, -0.25) is 4.90 Å². The van der Waals surface area contributed by atoms with Crippen LogP contribution in [0.25, 0.3) is 11.3 Å². The Morgan fingerprint density at radius 3 is 2.95 bits per heavy atom. The fourth-order valence-electron chi connectivity index (χ4n) is 2.48. The molecule has 1 aliphatic heterocycles. The average Bonchev–Trinajstić information content (AvgIpc) is 3.11. The predicted molar refractivity (Wildman–Crippen MR) is 74.7 cm³/mol. The lowest BCUT2D eigenvalue weighted by atomic mass is 10.2. The van der Waals surface area contributed by atoms with E-state index in [1.54, 1.807) is 0 Å². The standard InChI is InChI=1S/C15H19N3O/c1-18(13-7-8-16-9-13)11-15-17-10-14(19-15)12-5-3-2-4-6-12/h2-6,10,13,16H,7-9,11H2,1H3. The zero-order valence-electron chi connectivity index (χ0n) is 11.2. The van der Waals surface area contributed by atoms with Crippen molar-refractivity contribution in [1.82, 2.24) is 15.2 Å². The Morgan fingerprint density at radius 1 is 1.37 bits per heavy atom. The molecule has 0 amide bonds. The van der Waals surface area contributed by atoms with E-state index in [1.165, 1.54) is 6.42 Å². The van der Waals surface area contributed by atoms with Gasteiger partial charge in [0.2, 0.25) is 5.89 Å². The van der Waals surface area contributed by atoms with E-state index in [9.17, 15) is 0 Å². The summed E-state index contributed by atoms with van der Waals surface area (Å²) in [6.45, 7) is 2.93. The van der Waals surface area contributed by atoms with Gasteiger partial charge in [-0.25, -0.2) is 4.98 Å². The summed E-state index contributed by atoms with van der Waals surface area (Å²) in [7, 11) is 2.13. The van der Waals surface area contributed by atoms with Crippen molar-refractivity contribution in [2.24, 2.45) is 0 Å². The highest BCUT2D eigenvalue weighted by Gasteiger charge is 2.20. The fourth-order valence-corrected chi connectivity index (χ4v) is 2.48. The SMILES string of the molecule is CN(Cc1ncc(-c2ccccc2)o1)C1CCNC1. The Kier molecular flexibility index (Phi) is 3.62. The van der Waals surface area contributed by atoms with Crippen LogP contribution in [0.5, 0.6) is 0 Å². The van der Waals surface area contributed by atoms with E-state index in [0.29, 0.717) is 6.04 Å². The van der Waals surface area contributed by atoms with E-state index in [1.807, 2.05) is 36.5 Å². The molecule has 0 spiro atoms. The summed E-state index contributed by atoms with van der Waals surface area (Å²) in [6, 6.07) is 10.7. The zero-order valence-corrected chi connectivity index (χ0v) is 11.2. The first-order valence-corrected chi connectivity index (χ1v) is 6.74. The van der Waals surface area contributed by atoms with Gasteiger partial charge in [0.1, 0.15) is 0 Å². The Hall–Kier alpha value is -1.65. The molecule has 0 bridgehead atoms. The lowest BCUT2D eigenvalue weighted by Gasteiger charge is -2.21. The highest BCUT2D eigenvalue weighted by Crippen LogP contribution is 2.20. The second-order valence-electron chi connectivity index (χ2n) is 5.05. The summed E-state index contributed by atoms with van der Waals surface area (Å²) < 4.78 is 5.83. The van der Waals surface area contributed by atoms with Gasteiger partial charge >= 0.3 is 0 Å². The quantitative estimate of drug-likeness (QED) is 0.911. The lowest BCUT2D eigenvalue weighted by molar-refractivity contribution is 0.226. The molecule has 1 N–H and O–H groups in total.